The van der Waals surface area contributed by atoms with E-state index in [1.165, 1.54) is 35.7 Å². The number of rotatable bonds is 5. The molecule has 1 aliphatic rings. The number of sulfonamides is 1. The van der Waals surface area contributed by atoms with Crippen LogP contribution in [0.25, 0.3) is 0 Å². The van der Waals surface area contributed by atoms with Gasteiger partial charge < -0.3 is 0 Å². The maximum atomic E-state index is 12.8. The summed E-state index contributed by atoms with van der Waals surface area (Å²) in [6.45, 7) is 1.52. The molecule has 150 valence electrons. The third kappa shape index (κ3) is 4.44. The highest BCUT2D eigenvalue weighted by Gasteiger charge is 2.35. The highest BCUT2D eigenvalue weighted by Crippen LogP contribution is 2.43. The largest absolute Gasteiger partial charge is 0.416 e. The van der Waals surface area contributed by atoms with E-state index in [1.807, 2.05) is 0 Å². The van der Waals surface area contributed by atoms with Crippen molar-refractivity contribution in [2.45, 2.75) is 18.5 Å². The molecule has 1 amide bonds. The van der Waals surface area contributed by atoms with Crippen LogP contribution < -0.4 is 9.62 Å². The number of anilines is 2. The SMILES string of the molecule is CCS(=O)(=O)Nc1cccc(C2SCC(=O)N2c2ccc(C(F)(F)F)cc2)c1. The van der Waals surface area contributed by atoms with E-state index in [4.69, 9.17) is 0 Å². The van der Waals surface area contributed by atoms with E-state index in [1.54, 1.807) is 24.3 Å². The molecule has 1 aliphatic heterocycles. The summed E-state index contributed by atoms with van der Waals surface area (Å²) >= 11 is 1.33. The normalized spacial score (nSPS) is 17.8. The minimum atomic E-state index is -4.45. The van der Waals surface area contributed by atoms with E-state index >= 15 is 0 Å². The standard InChI is InChI=1S/C18H17F3N2O3S2/c1-2-28(25,26)22-14-5-3-4-12(10-14)17-23(16(24)11-27-17)15-8-6-13(7-9-15)18(19,20)21/h3-10,17,22H,2,11H2,1H3. The summed E-state index contributed by atoms with van der Waals surface area (Å²) in [6, 6.07) is 11.0. The summed E-state index contributed by atoms with van der Waals surface area (Å²) in [5.74, 6) is -0.128. The molecule has 0 spiro atoms. The average Bonchev–Trinajstić information content (AvgIpc) is 3.02. The first-order valence-electron chi connectivity index (χ1n) is 8.32. The van der Waals surface area contributed by atoms with Crippen LogP contribution >= 0.6 is 11.8 Å². The van der Waals surface area contributed by atoms with Crippen LogP contribution in [0.3, 0.4) is 0 Å². The molecule has 1 unspecified atom stereocenters. The van der Waals surface area contributed by atoms with Gasteiger partial charge in [0.1, 0.15) is 5.37 Å². The van der Waals surface area contributed by atoms with E-state index < -0.39 is 27.1 Å². The molecule has 0 aliphatic carbocycles. The number of alkyl halides is 3. The summed E-state index contributed by atoms with van der Waals surface area (Å²) < 4.78 is 64.4. The van der Waals surface area contributed by atoms with Gasteiger partial charge in [-0.25, -0.2) is 8.42 Å². The molecule has 1 atom stereocenters. The number of nitrogens with zero attached hydrogens (tertiary/aromatic N) is 1. The topological polar surface area (TPSA) is 66.5 Å². The third-order valence-corrected chi connectivity index (χ3v) is 6.68. The molecule has 1 heterocycles. The van der Waals surface area contributed by atoms with Gasteiger partial charge in [0.05, 0.1) is 17.1 Å². The molecule has 1 saturated heterocycles. The van der Waals surface area contributed by atoms with Crippen LogP contribution in [0.4, 0.5) is 24.5 Å². The van der Waals surface area contributed by atoms with Crippen molar-refractivity contribution < 1.29 is 26.4 Å². The fraction of sp³-hybridized carbons (Fsp3) is 0.278. The van der Waals surface area contributed by atoms with Gasteiger partial charge in [0.25, 0.3) is 0 Å². The molecule has 1 fully saturated rings. The Hall–Kier alpha value is -2.20. The van der Waals surface area contributed by atoms with Crippen LogP contribution in [0, 0.1) is 0 Å². The summed E-state index contributed by atoms with van der Waals surface area (Å²) in [6.07, 6.45) is -4.45. The first kappa shape index (κ1) is 20.5. The Labute approximate surface area is 165 Å². The number of carbonyl (C=O) groups is 1. The minimum absolute atomic E-state index is 0.0778. The molecule has 5 nitrogen and oxygen atoms in total. The Kier molecular flexibility index (Phi) is 5.62. The van der Waals surface area contributed by atoms with Crippen molar-refractivity contribution in [2.75, 3.05) is 21.1 Å². The highest BCUT2D eigenvalue weighted by molar-refractivity contribution is 8.00. The number of nitrogens with one attached hydrogen (secondary N) is 1. The summed E-state index contributed by atoms with van der Waals surface area (Å²) in [5.41, 5.74) is 0.606. The van der Waals surface area contributed by atoms with Crippen molar-refractivity contribution >= 4 is 39.1 Å². The van der Waals surface area contributed by atoms with Gasteiger partial charge in [-0.1, -0.05) is 12.1 Å². The van der Waals surface area contributed by atoms with Crippen molar-refractivity contribution in [1.29, 1.82) is 0 Å². The van der Waals surface area contributed by atoms with Crippen LogP contribution in [0.5, 0.6) is 0 Å². The quantitative estimate of drug-likeness (QED) is 0.770. The van der Waals surface area contributed by atoms with Gasteiger partial charge in [0.15, 0.2) is 0 Å². The molecule has 2 aromatic rings. The smallest absolute Gasteiger partial charge is 0.295 e. The maximum absolute atomic E-state index is 12.8. The van der Waals surface area contributed by atoms with Gasteiger partial charge in [-0.2, -0.15) is 13.2 Å². The van der Waals surface area contributed by atoms with Crippen molar-refractivity contribution in [3.8, 4) is 0 Å². The number of halogens is 3. The van der Waals surface area contributed by atoms with E-state index in [9.17, 15) is 26.4 Å². The van der Waals surface area contributed by atoms with Gasteiger partial charge in [-0.3, -0.25) is 14.4 Å². The lowest BCUT2D eigenvalue weighted by Gasteiger charge is -2.25. The first-order chi connectivity index (χ1) is 13.1. The zero-order valence-electron chi connectivity index (χ0n) is 14.7. The average molecular weight is 430 g/mol. The summed E-state index contributed by atoms with van der Waals surface area (Å²) in [7, 11) is -3.45. The summed E-state index contributed by atoms with van der Waals surface area (Å²) in [4.78, 5) is 13.8. The monoisotopic (exact) mass is 430 g/mol. The van der Waals surface area contributed by atoms with Crippen molar-refractivity contribution in [1.82, 2.24) is 0 Å². The molecular formula is C18H17F3N2O3S2. The molecule has 0 aromatic heterocycles. The number of hydrogen-bond acceptors (Lipinski definition) is 4. The zero-order chi connectivity index (χ0) is 20.5. The Morgan fingerprint density at radius 2 is 1.86 bits per heavy atom. The second kappa shape index (κ2) is 7.67. The molecule has 2 aromatic carbocycles. The predicted molar refractivity (Wildman–Crippen MR) is 104 cm³/mol. The van der Waals surface area contributed by atoms with E-state index in [2.05, 4.69) is 4.72 Å². The van der Waals surface area contributed by atoms with Gasteiger partial charge in [0.2, 0.25) is 15.9 Å². The van der Waals surface area contributed by atoms with Gasteiger partial charge in [0, 0.05) is 11.4 Å². The second-order valence-corrected chi connectivity index (χ2v) is 9.18. The van der Waals surface area contributed by atoms with Crippen molar-refractivity contribution in [3.05, 3.63) is 59.7 Å². The van der Waals surface area contributed by atoms with Gasteiger partial charge in [-0.15, -0.1) is 11.8 Å². The fourth-order valence-corrected chi connectivity index (χ4v) is 4.57. The Bertz CT molecular complexity index is 976. The third-order valence-electron chi connectivity index (χ3n) is 4.17. The number of carbonyl (C=O) groups excluding carboxylic acids is 1. The molecule has 1 N–H and O–H groups in total. The Morgan fingerprint density at radius 1 is 1.18 bits per heavy atom. The van der Waals surface area contributed by atoms with E-state index in [-0.39, 0.29) is 17.4 Å². The van der Waals surface area contributed by atoms with Crippen LogP contribution in [0.1, 0.15) is 23.4 Å². The van der Waals surface area contributed by atoms with E-state index in [0.29, 0.717) is 16.9 Å². The number of hydrogen-bond donors (Lipinski definition) is 1. The van der Waals surface area contributed by atoms with Crippen LogP contribution in [-0.4, -0.2) is 25.8 Å². The summed E-state index contributed by atoms with van der Waals surface area (Å²) in [5, 5.41) is -0.463. The molecular weight excluding hydrogens is 413 g/mol. The Balaban J connectivity index is 1.91. The van der Waals surface area contributed by atoms with Crippen molar-refractivity contribution in [2.24, 2.45) is 0 Å². The predicted octanol–water partition coefficient (Wildman–Crippen LogP) is 4.25. The lowest BCUT2D eigenvalue weighted by atomic mass is 10.1. The van der Waals surface area contributed by atoms with Crippen molar-refractivity contribution in [3.63, 3.8) is 0 Å². The van der Waals surface area contributed by atoms with Gasteiger partial charge in [-0.05, 0) is 48.9 Å². The van der Waals surface area contributed by atoms with Crippen LogP contribution in [0.15, 0.2) is 48.5 Å². The highest BCUT2D eigenvalue weighted by atomic mass is 32.2. The first-order valence-corrected chi connectivity index (χ1v) is 11.0. The fourth-order valence-electron chi connectivity index (χ4n) is 2.77. The molecule has 3 rings (SSSR count). The molecule has 10 heteroatoms. The zero-order valence-corrected chi connectivity index (χ0v) is 16.4. The minimum Gasteiger partial charge on any atom is -0.295 e. The number of benzene rings is 2. The molecule has 0 saturated carbocycles. The number of amides is 1. The lowest BCUT2D eigenvalue weighted by molar-refractivity contribution is -0.137. The lowest BCUT2D eigenvalue weighted by Crippen LogP contribution is -2.28. The number of thioether (sulfide) groups is 1. The van der Waals surface area contributed by atoms with Gasteiger partial charge >= 0.3 is 6.18 Å². The second-order valence-electron chi connectivity index (χ2n) is 6.10. The molecule has 0 bridgehead atoms. The van der Waals surface area contributed by atoms with Crippen LogP contribution in [0.2, 0.25) is 0 Å². The molecule has 0 radical (unpaired) electrons. The Morgan fingerprint density at radius 3 is 2.46 bits per heavy atom. The van der Waals surface area contributed by atoms with Crippen LogP contribution in [-0.2, 0) is 21.0 Å². The molecule has 28 heavy (non-hydrogen) atoms. The van der Waals surface area contributed by atoms with E-state index in [0.717, 1.165) is 12.1 Å². The maximum Gasteiger partial charge on any atom is 0.416 e.